The van der Waals surface area contributed by atoms with Gasteiger partial charge in [0.1, 0.15) is 0 Å². The van der Waals surface area contributed by atoms with Crippen LogP contribution in [0.15, 0.2) is 24.3 Å². The number of nitrogens with zero attached hydrogens (tertiary/aromatic N) is 2. The van der Waals surface area contributed by atoms with Crippen LogP contribution in [0.4, 0.5) is 16.2 Å². The minimum Gasteiger partial charge on any atom is -0.327 e. The monoisotopic (exact) mass is 303 g/mol. The van der Waals surface area contributed by atoms with Crippen LogP contribution in [0.3, 0.4) is 0 Å². The van der Waals surface area contributed by atoms with Crippen molar-refractivity contribution in [3.63, 3.8) is 0 Å². The Hall–Kier alpha value is -2.04. The smallest absolute Gasteiger partial charge is 0.324 e. The van der Waals surface area contributed by atoms with E-state index in [2.05, 4.69) is 5.32 Å². The van der Waals surface area contributed by atoms with Gasteiger partial charge in [-0.25, -0.2) is 4.79 Å². The molecule has 1 aliphatic rings. The number of carbonyl (C=O) groups excluding carboxylic acids is 2. The van der Waals surface area contributed by atoms with Crippen LogP contribution < -0.4 is 10.2 Å². The van der Waals surface area contributed by atoms with E-state index < -0.39 is 0 Å². The van der Waals surface area contributed by atoms with Gasteiger partial charge < -0.3 is 10.2 Å². The van der Waals surface area contributed by atoms with Crippen molar-refractivity contribution in [1.82, 2.24) is 4.90 Å². The van der Waals surface area contributed by atoms with Crippen molar-refractivity contribution in [2.45, 2.75) is 33.1 Å². The zero-order valence-corrected chi connectivity index (χ0v) is 13.6. The lowest BCUT2D eigenvalue weighted by Crippen LogP contribution is -2.47. The van der Waals surface area contributed by atoms with E-state index in [1.807, 2.05) is 45.2 Å². The normalized spacial score (nSPS) is 15.4. The Bertz CT molecular complexity index is 523. The molecular weight excluding hydrogens is 278 g/mol. The average Bonchev–Trinajstić information content (AvgIpc) is 2.52. The van der Waals surface area contributed by atoms with Gasteiger partial charge in [-0.3, -0.25) is 9.69 Å². The highest BCUT2D eigenvalue weighted by atomic mass is 16.2. The van der Waals surface area contributed by atoms with Gasteiger partial charge in [0.15, 0.2) is 0 Å². The quantitative estimate of drug-likeness (QED) is 0.907. The van der Waals surface area contributed by atoms with Crippen molar-refractivity contribution in [2.75, 3.05) is 30.4 Å². The molecule has 3 amide bonds. The Labute approximate surface area is 132 Å². The van der Waals surface area contributed by atoms with Gasteiger partial charge >= 0.3 is 6.03 Å². The van der Waals surface area contributed by atoms with E-state index in [1.165, 1.54) is 0 Å². The minimum absolute atomic E-state index is 0.0278. The second-order valence-electron chi connectivity index (χ2n) is 5.76. The predicted molar refractivity (Wildman–Crippen MR) is 89.1 cm³/mol. The van der Waals surface area contributed by atoms with Crippen molar-refractivity contribution in [3.8, 4) is 0 Å². The molecule has 0 saturated carbocycles. The average molecular weight is 303 g/mol. The van der Waals surface area contributed by atoms with Gasteiger partial charge in [0.25, 0.3) is 0 Å². The van der Waals surface area contributed by atoms with E-state index in [0.29, 0.717) is 0 Å². The van der Waals surface area contributed by atoms with Crippen LogP contribution in [0, 0.1) is 5.92 Å². The Morgan fingerprint density at radius 1 is 1.18 bits per heavy atom. The summed E-state index contributed by atoms with van der Waals surface area (Å²) in [4.78, 5) is 27.7. The van der Waals surface area contributed by atoms with Gasteiger partial charge in [-0.1, -0.05) is 13.8 Å². The largest absolute Gasteiger partial charge is 0.327 e. The molecule has 5 heteroatoms. The molecule has 0 spiro atoms. The SMILES string of the molecule is CCC(CC)C(=O)Nc1ccc(N2CCCN(C)C2=O)cc1. The number of anilines is 2. The second kappa shape index (κ2) is 7.29. The topological polar surface area (TPSA) is 52.7 Å². The number of carbonyl (C=O) groups is 2. The summed E-state index contributed by atoms with van der Waals surface area (Å²) in [6.45, 7) is 5.59. The molecule has 0 aromatic heterocycles. The highest BCUT2D eigenvalue weighted by molar-refractivity contribution is 5.94. The maximum absolute atomic E-state index is 12.1. The number of rotatable bonds is 5. The Morgan fingerprint density at radius 3 is 2.41 bits per heavy atom. The van der Waals surface area contributed by atoms with Crippen molar-refractivity contribution in [1.29, 1.82) is 0 Å². The van der Waals surface area contributed by atoms with Crippen molar-refractivity contribution >= 4 is 23.3 Å². The van der Waals surface area contributed by atoms with Crippen LogP contribution in [0.2, 0.25) is 0 Å². The summed E-state index contributed by atoms with van der Waals surface area (Å²) in [5.41, 5.74) is 1.65. The maximum Gasteiger partial charge on any atom is 0.324 e. The molecule has 2 rings (SSSR count). The molecular formula is C17H25N3O2. The molecule has 1 fully saturated rings. The summed E-state index contributed by atoms with van der Waals surface area (Å²) < 4.78 is 0. The lowest BCUT2D eigenvalue weighted by Gasteiger charge is -2.33. The molecule has 0 unspecified atom stereocenters. The molecule has 0 radical (unpaired) electrons. The van der Waals surface area contributed by atoms with Gasteiger partial charge in [-0.15, -0.1) is 0 Å². The summed E-state index contributed by atoms with van der Waals surface area (Å²) in [6.07, 6.45) is 2.65. The van der Waals surface area contributed by atoms with E-state index in [0.717, 1.165) is 43.7 Å². The predicted octanol–water partition coefficient (Wildman–Crippen LogP) is 3.32. The first-order valence-corrected chi connectivity index (χ1v) is 8.00. The van der Waals surface area contributed by atoms with E-state index in [1.54, 1.807) is 9.80 Å². The second-order valence-corrected chi connectivity index (χ2v) is 5.76. The molecule has 120 valence electrons. The summed E-state index contributed by atoms with van der Waals surface area (Å²) in [6, 6.07) is 7.52. The van der Waals surface area contributed by atoms with Crippen molar-refractivity contribution in [3.05, 3.63) is 24.3 Å². The van der Waals surface area contributed by atoms with E-state index in [4.69, 9.17) is 0 Å². The fourth-order valence-electron chi connectivity index (χ4n) is 2.73. The van der Waals surface area contributed by atoms with Gasteiger partial charge in [0.2, 0.25) is 5.91 Å². The zero-order valence-electron chi connectivity index (χ0n) is 13.6. The van der Waals surface area contributed by atoms with Crippen LogP contribution in [-0.4, -0.2) is 37.0 Å². The standard InChI is InChI=1S/C17H25N3O2/c1-4-13(5-2)16(21)18-14-7-9-15(10-8-14)20-12-6-11-19(3)17(20)22/h7-10,13H,4-6,11-12H2,1-3H3,(H,18,21). The third kappa shape index (κ3) is 3.59. The first kappa shape index (κ1) is 16.3. The first-order valence-electron chi connectivity index (χ1n) is 8.00. The van der Waals surface area contributed by atoms with Crippen LogP contribution in [0.25, 0.3) is 0 Å². The van der Waals surface area contributed by atoms with E-state index >= 15 is 0 Å². The summed E-state index contributed by atoms with van der Waals surface area (Å²) >= 11 is 0. The number of amides is 3. The molecule has 1 aromatic carbocycles. The Kier molecular flexibility index (Phi) is 5.41. The molecule has 1 aromatic rings. The molecule has 5 nitrogen and oxygen atoms in total. The Balaban J connectivity index is 2.04. The van der Waals surface area contributed by atoms with Crippen LogP contribution in [0.1, 0.15) is 33.1 Å². The number of nitrogens with one attached hydrogen (secondary N) is 1. The molecule has 22 heavy (non-hydrogen) atoms. The lowest BCUT2D eigenvalue weighted by molar-refractivity contribution is -0.120. The van der Waals surface area contributed by atoms with Crippen molar-refractivity contribution in [2.24, 2.45) is 5.92 Å². The first-order chi connectivity index (χ1) is 10.6. The number of hydrogen-bond donors (Lipinski definition) is 1. The molecule has 1 N–H and O–H groups in total. The number of hydrogen-bond acceptors (Lipinski definition) is 2. The third-order valence-corrected chi connectivity index (χ3v) is 4.24. The molecule has 1 heterocycles. The highest BCUT2D eigenvalue weighted by Crippen LogP contribution is 2.22. The van der Waals surface area contributed by atoms with Crippen LogP contribution >= 0.6 is 0 Å². The molecule has 0 aliphatic carbocycles. The van der Waals surface area contributed by atoms with Crippen LogP contribution in [0.5, 0.6) is 0 Å². The fourth-order valence-corrected chi connectivity index (χ4v) is 2.73. The lowest BCUT2D eigenvalue weighted by atomic mass is 10.0. The maximum atomic E-state index is 12.1. The summed E-state index contributed by atoms with van der Waals surface area (Å²) in [5.74, 6) is 0.114. The summed E-state index contributed by atoms with van der Waals surface area (Å²) in [5, 5.41) is 2.94. The third-order valence-electron chi connectivity index (χ3n) is 4.24. The molecule has 1 saturated heterocycles. The van der Waals surface area contributed by atoms with Crippen LogP contribution in [-0.2, 0) is 4.79 Å². The van der Waals surface area contributed by atoms with E-state index in [-0.39, 0.29) is 17.9 Å². The molecule has 1 aliphatic heterocycles. The highest BCUT2D eigenvalue weighted by Gasteiger charge is 2.23. The molecule has 0 atom stereocenters. The summed E-state index contributed by atoms with van der Waals surface area (Å²) in [7, 11) is 1.82. The minimum atomic E-state index is 0.0278. The van der Waals surface area contributed by atoms with Gasteiger partial charge in [-0.2, -0.15) is 0 Å². The van der Waals surface area contributed by atoms with Crippen molar-refractivity contribution < 1.29 is 9.59 Å². The fraction of sp³-hybridized carbons (Fsp3) is 0.529. The van der Waals surface area contributed by atoms with E-state index in [9.17, 15) is 9.59 Å². The number of benzene rings is 1. The zero-order chi connectivity index (χ0) is 16.1. The van der Waals surface area contributed by atoms with Gasteiger partial charge in [0.05, 0.1) is 0 Å². The van der Waals surface area contributed by atoms with Gasteiger partial charge in [0, 0.05) is 37.4 Å². The number of urea groups is 1. The molecule has 0 bridgehead atoms. The Morgan fingerprint density at radius 2 is 1.82 bits per heavy atom. The van der Waals surface area contributed by atoms with Gasteiger partial charge in [-0.05, 0) is 43.5 Å².